The first-order valence-electron chi connectivity index (χ1n) is 9.40. The Kier molecular flexibility index (Phi) is 7.40. The van der Waals surface area contributed by atoms with E-state index in [1.165, 1.54) is 0 Å². The fraction of sp³-hybridized carbons (Fsp3) is 0.524. The van der Waals surface area contributed by atoms with Crippen LogP contribution in [0.1, 0.15) is 49.0 Å². The minimum absolute atomic E-state index is 0.0545. The van der Waals surface area contributed by atoms with Gasteiger partial charge in [0.1, 0.15) is 5.60 Å². The molecule has 6 heteroatoms. The molecule has 0 radical (unpaired) electrons. The van der Waals surface area contributed by atoms with Crippen LogP contribution in [0, 0.1) is 17.8 Å². The molecule has 27 heavy (non-hydrogen) atoms. The largest absolute Gasteiger partial charge is 0.378 e. The highest BCUT2D eigenvalue weighted by atomic mass is 16.3. The quantitative estimate of drug-likeness (QED) is 0.516. The highest BCUT2D eigenvalue weighted by Gasteiger charge is 2.23. The summed E-state index contributed by atoms with van der Waals surface area (Å²) in [6.07, 6.45) is 2.67. The third-order valence-electron chi connectivity index (χ3n) is 4.48. The second-order valence-electron chi connectivity index (χ2n) is 7.54. The van der Waals surface area contributed by atoms with Crippen LogP contribution in [0.2, 0.25) is 0 Å². The molecule has 0 bridgehead atoms. The summed E-state index contributed by atoms with van der Waals surface area (Å²) in [7, 11) is 0. The van der Waals surface area contributed by atoms with E-state index in [1.807, 2.05) is 0 Å². The van der Waals surface area contributed by atoms with Crippen LogP contribution in [0.15, 0.2) is 24.3 Å². The van der Waals surface area contributed by atoms with E-state index < -0.39 is 5.60 Å². The molecule has 1 aliphatic heterocycles. The molecule has 1 unspecified atom stereocenters. The first kappa shape index (κ1) is 20.9. The predicted molar refractivity (Wildman–Crippen MR) is 105 cm³/mol. The van der Waals surface area contributed by atoms with Gasteiger partial charge in [0.2, 0.25) is 5.91 Å². The van der Waals surface area contributed by atoms with E-state index in [1.54, 1.807) is 38.1 Å². The van der Waals surface area contributed by atoms with Gasteiger partial charge < -0.3 is 21.1 Å². The molecule has 146 valence electrons. The van der Waals surface area contributed by atoms with Gasteiger partial charge in [0.15, 0.2) is 0 Å². The lowest BCUT2D eigenvalue weighted by Gasteiger charge is -2.31. The second-order valence-corrected chi connectivity index (χ2v) is 7.54. The lowest BCUT2D eigenvalue weighted by molar-refractivity contribution is -0.123. The van der Waals surface area contributed by atoms with Crippen molar-refractivity contribution in [2.75, 3.05) is 26.2 Å². The van der Waals surface area contributed by atoms with Gasteiger partial charge in [-0.15, -0.1) is 0 Å². The van der Waals surface area contributed by atoms with Crippen LogP contribution < -0.4 is 11.1 Å². The Labute approximate surface area is 161 Å². The predicted octanol–water partition coefficient (Wildman–Crippen LogP) is 1.13. The van der Waals surface area contributed by atoms with Crippen molar-refractivity contribution in [3.05, 3.63) is 35.4 Å². The molecule has 1 fully saturated rings. The zero-order valence-corrected chi connectivity index (χ0v) is 16.1. The maximum absolute atomic E-state index is 12.3. The molecule has 0 saturated carbocycles. The molecule has 1 saturated heterocycles. The fourth-order valence-electron chi connectivity index (χ4n) is 3.06. The molecule has 4 N–H and O–H groups in total. The first-order valence-corrected chi connectivity index (χ1v) is 9.40. The number of hydrogen-bond donors (Lipinski definition) is 3. The molecular weight excluding hydrogens is 342 g/mol. The molecule has 0 aliphatic carbocycles. The van der Waals surface area contributed by atoms with E-state index in [0.717, 1.165) is 32.4 Å². The SMILES string of the molecule is CC(C)(O)C#Cc1cccc(C(=O)NCCCN2CCCC(C(N)=O)C2)c1. The van der Waals surface area contributed by atoms with Gasteiger partial charge in [0.05, 0.1) is 5.92 Å². The molecule has 1 aromatic carbocycles. The Morgan fingerprint density at radius 3 is 2.89 bits per heavy atom. The van der Waals surface area contributed by atoms with Crippen molar-refractivity contribution in [1.82, 2.24) is 10.2 Å². The lowest BCUT2D eigenvalue weighted by Crippen LogP contribution is -2.42. The molecule has 2 amide bonds. The van der Waals surface area contributed by atoms with Crippen molar-refractivity contribution in [3.8, 4) is 11.8 Å². The Balaban J connectivity index is 1.79. The average molecular weight is 371 g/mol. The maximum atomic E-state index is 12.3. The van der Waals surface area contributed by atoms with E-state index in [2.05, 4.69) is 22.1 Å². The van der Waals surface area contributed by atoms with Crippen molar-refractivity contribution in [3.63, 3.8) is 0 Å². The van der Waals surface area contributed by atoms with Crippen molar-refractivity contribution in [2.24, 2.45) is 11.7 Å². The zero-order chi connectivity index (χ0) is 19.9. The van der Waals surface area contributed by atoms with Crippen molar-refractivity contribution in [1.29, 1.82) is 0 Å². The molecule has 1 aliphatic rings. The fourth-order valence-corrected chi connectivity index (χ4v) is 3.06. The Morgan fingerprint density at radius 1 is 1.41 bits per heavy atom. The van der Waals surface area contributed by atoms with E-state index in [0.29, 0.717) is 24.2 Å². The summed E-state index contributed by atoms with van der Waals surface area (Å²) >= 11 is 0. The number of piperidine rings is 1. The maximum Gasteiger partial charge on any atom is 0.251 e. The standard InChI is InChI=1S/C21H29N3O3/c1-21(2,27)10-9-16-6-3-7-17(14-16)20(26)23-11-5-13-24-12-4-8-18(15-24)19(22)25/h3,6-7,14,18,27H,4-5,8,11-13,15H2,1-2H3,(H2,22,25)(H,23,26). The summed E-state index contributed by atoms with van der Waals surface area (Å²) in [5.41, 5.74) is 5.57. The third-order valence-corrected chi connectivity index (χ3v) is 4.48. The summed E-state index contributed by atoms with van der Waals surface area (Å²) in [6, 6.07) is 7.05. The molecule has 0 spiro atoms. The molecule has 2 rings (SSSR count). The van der Waals surface area contributed by atoms with Gasteiger partial charge in [0, 0.05) is 24.2 Å². The lowest BCUT2D eigenvalue weighted by atomic mass is 9.97. The summed E-state index contributed by atoms with van der Waals surface area (Å²) in [4.78, 5) is 25.9. The number of nitrogens with two attached hydrogens (primary N) is 1. The molecule has 0 aromatic heterocycles. The number of carbonyl (C=O) groups excluding carboxylic acids is 2. The van der Waals surface area contributed by atoms with Crippen molar-refractivity contribution in [2.45, 2.75) is 38.7 Å². The molecular formula is C21H29N3O3. The Bertz CT molecular complexity index is 728. The van der Waals surface area contributed by atoms with Crippen LogP contribution in [-0.2, 0) is 4.79 Å². The van der Waals surface area contributed by atoms with E-state index >= 15 is 0 Å². The normalized spacial score (nSPS) is 17.7. The number of nitrogens with zero attached hydrogens (tertiary/aromatic N) is 1. The number of amides is 2. The smallest absolute Gasteiger partial charge is 0.251 e. The monoisotopic (exact) mass is 371 g/mol. The summed E-state index contributed by atoms with van der Waals surface area (Å²) in [5.74, 6) is 5.20. The van der Waals surface area contributed by atoms with Gasteiger partial charge in [0.25, 0.3) is 5.91 Å². The van der Waals surface area contributed by atoms with Crippen LogP contribution in [-0.4, -0.2) is 53.6 Å². The number of aliphatic hydroxyl groups is 1. The first-order chi connectivity index (χ1) is 12.7. The van der Waals surface area contributed by atoms with Crippen LogP contribution in [0.25, 0.3) is 0 Å². The number of benzene rings is 1. The van der Waals surface area contributed by atoms with Gasteiger partial charge in [-0.1, -0.05) is 17.9 Å². The topological polar surface area (TPSA) is 95.7 Å². The van der Waals surface area contributed by atoms with Crippen LogP contribution in [0.5, 0.6) is 0 Å². The number of rotatable bonds is 6. The molecule has 1 aromatic rings. The number of nitrogens with one attached hydrogen (secondary N) is 1. The van der Waals surface area contributed by atoms with Crippen LogP contribution >= 0.6 is 0 Å². The Morgan fingerprint density at radius 2 is 2.19 bits per heavy atom. The van der Waals surface area contributed by atoms with Gasteiger partial charge >= 0.3 is 0 Å². The van der Waals surface area contributed by atoms with E-state index in [-0.39, 0.29) is 17.7 Å². The minimum Gasteiger partial charge on any atom is -0.378 e. The number of primary amides is 1. The number of carbonyl (C=O) groups is 2. The highest BCUT2D eigenvalue weighted by molar-refractivity contribution is 5.94. The summed E-state index contributed by atoms with van der Waals surface area (Å²) in [6.45, 7) is 6.32. The van der Waals surface area contributed by atoms with E-state index in [9.17, 15) is 14.7 Å². The number of likely N-dealkylation sites (tertiary alicyclic amines) is 1. The highest BCUT2D eigenvalue weighted by Crippen LogP contribution is 2.15. The van der Waals surface area contributed by atoms with Crippen molar-refractivity contribution >= 4 is 11.8 Å². The summed E-state index contributed by atoms with van der Waals surface area (Å²) < 4.78 is 0. The van der Waals surface area contributed by atoms with Gasteiger partial charge in [-0.25, -0.2) is 0 Å². The Hall–Kier alpha value is -2.36. The van der Waals surface area contributed by atoms with Gasteiger partial charge in [-0.2, -0.15) is 0 Å². The number of hydrogen-bond acceptors (Lipinski definition) is 4. The average Bonchev–Trinajstić information content (AvgIpc) is 2.63. The molecule has 1 atom stereocenters. The molecule has 6 nitrogen and oxygen atoms in total. The van der Waals surface area contributed by atoms with Crippen LogP contribution in [0.3, 0.4) is 0 Å². The van der Waals surface area contributed by atoms with Crippen LogP contribution in [0.4, 0.5) is 0 Å². The van der Waals surface area contributed by atoms with Crippen molar-refractivity contribution < 1.29 is 14.7 Å². The van der Waals surface area contributed by atoms with Gasteiger partial charge in [-0.05, 0) is 64.4 Å². The third kappa shape index (κ3) is 7.41. The minimum atomic E-state index is -1.07. The summed E-state index contributed by atoms with van der Waals surface area (Å²) in [5, 5.41) is 12.6. The van der Waals surface area contributed by atoms with Gasteiger partial charge in [-0.3, -0.25) is 9.59 Å². The second kappa shape index (κ2) is 9.54. The zero-order valence-electron chi connectivity index (χ0n) is 16.1. The van der Waals surface area contributed by atoms with E-state index in [4.69, 9.17) is 5.73 Å². The molecule has 1 heterocycles.